The van der Waals surface area contributed by atoms with Gasteiger partial charge in [0.25, 0.3) is 20.2 Å². The fourth-order valence-corrected chi connectivity index (χ4v) is 6.63. The Hall–Kier alpha value is -6.14. The lowest BCUT2D eigenvalue weighted by Crippen LogP contribution is -2.02. The van der Waals surface area contributed by atoms with Gasteiger partial charge in [-0.2, -0.15) is 16.8 Å². The molecule has 0 atom stereocenters. The second-order valence-electron chi connectivity index (χ2n) is 11.0. The topological polar surface area (TPSA) is 249 Å². The third-order valence-corrected chi connectivity index (χ3v) is 9.58. The summed E-state index contributed by atoms with van der Waals surface area (Å²) in [6, 6.07) is 23.9. The van der Waals surface area contributed by atoms with E-state index in [0.717, 1.165) is 29.0 Å². The molecule has 17 heteroatoms. The van der Waals surface area contributed by atoms with Crippen LogP contribution in [0, 0.1) is 0 Å². The Balaban J connectivity index is 1.35. The van der Waals surface area contributed by atoms with E-state index in [0.29, 0.717) is 33.9 Å². The number of hydrogen-bond acceptors (Lipinski definition) is 13. The van der Waals surface area contributed by atoms with Crippen molar-refractivity contribution in [2.45, 2.75) is 9.79 Å². The van der Waals surface area contributed by atoms with Crippen LogP contribution in [-0.2, 0) is 20.2 Å². The van der Waals surface area contributed by atoms with Gasteiger partial charge >= 0.3 is 0 Å². The maximum absolute atomic E-state index is 12.3. The molecule has 0 spiro atoms. The van der Waals surface area contributed by atoms with Crippen molar-refractivity contribution in [2.75, 3.05) is 25.7 Å². The van der Waals surface area contributed by atoms with Crippen LogP contribution in [0.15, 0.2) is 121 Å². The molecule has 0 aromatic heterocycles. The van der Waals surface area contributed by atoms with Gasteiger partial charge in [0.1, 0.15) is 33.5 Å². The minimum atomic E-state index is -5.04. The Bertz CT molecular complexity index is 2660. The van der Waals surface area contributed by atoms with E-state index in [4.69, 9.17) is 20.9 Å². The smallest absolute Gasteiger partial charge is 0.296 e. The number of methoxy groups -OCH3 is 2. The molecule has 0 heterocycles. The number of anilines is 2. The highest BCUT2D eigenvalue weighted by atomic mass is 32.2. The summed E-state index contributed by atoms with van der Waals surface area (Å²) in [5.74, 6) is -0.167. The highest BCUT2D eigenvalue weighted by molar-refractivity contribution is 7.86. The van der Waals surface area contributed by atoms with E-state index in [9.17, 15) is 31.0 Å². The maximum Gasteiger partial charge on any atom is 0.296 e. The molecule has 0 bridgehead atoms. The Morgan fingerprint density at radius 1 is 0.608 bits per heavy atom. The van der Waals surface area contributed by atoms with Crippen LogP contribution in [-0.4, -0.2) is 45.3 Å². The number of hydrogen-bond donors (Lipinski definition) is 5. The Kier molecular flexibility index (Phi) is 9.05. The summed E-state index contributed by atoms with van der Waals surface area (Å²) in [5.41, 5.74) is 14.3. The molecule has 260 valence electrons. The second-order valence-corrected chi connectivity index (χ2v) is 13.8. The summed E-state index contributed by atoms with van der Waals surface area (Å²) >= 11 is 0. The first-order chi connectivity index (χ1) is 24.2. The fraction of sp³-hybridized carbons (Fsp3) is 0.0588. The summed E-state index contributed by atoms with van der Waals surface area (Å²) < 4.78 is 78.4. The molecule has 0 unspecified atom stereocenters. The molecule has 7 N–H and O–H groups in total. The van der Waals surface area contributed by atoms with Crippen molar-refractivity contribution in [1.82, 2.24) is 0 Å². The molecule has 6 rings (SSSR count). The number of nitrogens with two attached hydrogens (primary N) is 2. The second kappa shape index (κ2) is 13.3. The number of aromatic hydroxyl groups is 1. The fourth-order valence-electron chi connectivity index (χ4n) is 5.42. The van der Waals surface area contributed by atoms with Crippen molar-refractivity contribution in [1.29, 1.82) is 0 Å². The molecule has 0 saturated carbocycles. The SMILES string of the molecule is COc1cc(-c2ccc(N=Nc3ccc(N)c4ccccc34)c(OC)c2)ccc1N=Nc1c(S(=O)(=O)O)cc2cc(S(=O)(=O)O)cc(N)c2c1O. The molecule has 15 nitrogen and oxygen atoms in total. The van der Waals surface area contributed by atoms with Gasteiger partial charge in [-0.25, -0.2) is 0 Å². The first kappa shape index (κ1) is 34.7. The van der Waals surface area contributed by atoms with E-state index in [2.05, 4.69) is 20.5 Å². The largest absolute Gasteiger partial charge is 0.505 e. The lowest BCUT2D eigenvalue weighted by molar-refractivity contribution is 0.415. The van der Waals surface area contributed by atoms with E-state index >= 15 is 0 Å². The number of fused-ring (bicyclic) bond motifs is 2. The van der Waals surface area contributed by atoms with Crippen LogP contribution >= 0.6 is 0 Å². The number of azo groups is 2. The normalized spacial score (nSPS) is 12.3. The van der Waals surface area contributed by atoms with Crippen LogP contribution in [0.5, 0.6) is 17.2 Å². The first-order valence-corrected chi connectivity index (χ1v) is 17.6. The van der Waals surface area contributed by atoms with Crippen molar-refractivity contribution in [3.63, 3.8) is 0 Å². The first-order valence-electron chi connectivity index (χ1n) is 14.7. The maximum atomic E-state index is 12.3. The molecular formula is C34H28N6O9S2. The Labute approximate surface area is 291 Å². The molecule has 51 heavy (non-hydrogen) atoms. The van der Waals surface area contributed by atoms with Gasteiger partial charge in [0.2, 0.25) is 0 Å². The third-order valence-electron chi connectivity index (χ3n) is 7.88. The van der Waals surface area contributed by atoms with E-state index in [1.165, 1.54) is 20.3 Å². The lowest BCUT2D eigenvalue weighted by Gasteiger charge is -2.12. The van der Waals surface area contributed by atoms with Crippen molar-refractivity contribution >= 4 is 75.9 Å². The number of nitrogen functional groups attached to an aromatic ring is 2. The molecule has 6 aromatic rings. The minimum Gasteiger partial charge on any atom is -0.505 e. The summed E-state index contributed by atoms with van der Waals surface area (Å²) in [7, 11) is -6.90. The molecule has 0 aliphatic rings. The predicted molar refractivity (Wildman–Crippen MR) is 191 cm³/mol. The highest BCUT2D eigenvalue weighted by Crippen LogP contribution is 2.45. The molecule has 0 radical (unpaired) electrons. The number of ether oxygens (including phenoxy) is 2. The lowest BCUT2D eigenvalue weighted by atomic mass is 10.0. The minimum absolute atomic E-state index is 0.116. The van der Waals surface area contributed by atoms with Gasteiger partial charge in [-0.3, -0.25) is 9.11 Å². The monoisotopic (exact) mass is 728 g/mol. The van der Waals surface area contributed by atoms with Crippen LogP contribution < -0.4 is 20.9 Å². The molecule has 0 aliphatic heterocycles. The number of rotatable bonds is 9. The van der Waals surface area contributed by atoms with Crippen molar-refractivity contribution < 1.29 is 40.5 Å². The van der Waals surface area contributed by atoms with E-state index in [-0.39, 0.29) is 27.9 Å². The number of nitrogens with zero attached hydrogens (tertiary/aromatic N) is 4. The summed E-state index contributed by atoms with van der Waals surface area (Å²) in [4.78, 5) is -1.55. The summed E-state index contributed by atoms with van der Waals surface area (Å²) in [6.07, 6.45) is 0. The van der Waals surface area contributed by atoms with Crippen LogP contribution in [0.4, 0.5) is 34.1 Å². The molecular weight excluding hydrogens is 701 g/mol. The van der Waals surface area contributed by atoms with Crippen molar-refractivity contribution in [3.8, 4) is 28.4 Å². The molecule has 6 aromatic carbocycles. The van der Waals surface area contributed by atoms with Gasteiger partial charge in [-0.05, 0) is 71.1 Å². The van der Waals surface area contributed by atoms with Crippen LogP contribution in [0.1, 0.15) is 0 Å². The van der Waals surface area contributed by atoms with E-state index < -0.39 is 41.5 Å². The quantitative estimate of drug-likeness (QED) is 0.0544. The number of benzene rings is 6. The van der Waals surface area contributed by atoms with Gasteiger partial charge in [-0.15, -0.1) is 20.5 Å². The van der Waals surface area contributed by atoms with Crippen molar-refractivity contribution in [3.05, 3.63) is 91.0 Å². The van der Waals surface area contributed by atoms with Gasteiger partial charge in [0.15, 0.2) is 5.75 Å². The van der Waals surface area contributed by atoms with Gasteiger partial charge in [-0.1, -0.05) is 36.4 Å². The average Bonchev–Trinajstić information content (AvgIpc) is 3.09. The summed E-state index contributed by atoms with van der Waals surface area (Å²) in [5, 5.41) is 29.2. The Morgan fingerprint density at radius 3 is 1.73 bits per heavy atom. The van der Waals surface area contributed by atoms with E-state index in [1.54, 1.807) is 42.5 Å². The van der Waals surface area contributed by atoms with Gasteiger partial charge in [0, 0.05) is 27.5 Å². The van der Waals surface area contributed by atoms with Gasteiger partial charge in [0.05, 0.1) is 24.8 Å². The van der Waals surface area contributed by atoms with E-state index in [1.807, 2.05) is 24.3 Å². The Morgan fingerprint density at radius 2 is 1.16 bits per heavy atom. The molecule has 0 amide bonds. The van der Waals surface area contributed by atoms with Crippen LogP contribution in [0.25, 0.3) is 32.7 Å². The number of phenolic OH excluding ortho intramolecular Hbond substituents is 1. The molecule has 0 saturated heterocycles. The van der Waals surface area contributed by atoms with Crippen molar-refractivity contribution in [2.24, 2.45) is 20.5 Å². The van der Waals surface area contributed by atoms with Gasteiger partial charge < -0.3 is 26.0 Å². The average molecular weight is 729 g/mol. The zero-order chi connectivity index (χ0) is 36.7. The molecule has 0 fully saturated rings. The standard InChI is InChI=1S/C34H28N6O9S2/c1-48-29-14-18(7-10-27(29)38-37-26-12-9-24(35)22-5-3-4-6-23(22)26)19-8-11-28(30(15-19)49-2)39-40-33-31(51(45,46)47)16-20-13-21(50(42,43)44)17-25(36)32(20)34(33)41/h3-17,41H,35-36H2,1-2H3,(H,42,43,44)(H,45,46,47). The zero-order valence-electron chi connectivity index (χ0n) is 26.7. The molecule has 0 aliphatic carbocycles. The third kappa shape index (κ3) is 6.86. The predicted octanol–water partition coefficient (Wildman–Crippen LogP) is 7.87. The van der Waals surface area contributed by atoms with Crippen LogP contribution in [0.3, 0.4) is 0 Å². The summed E-state index contributed by atoms with van der Waals surface area (Å²) in [6.45, 7) is 0. The van der Waals surface area contributed by atoms with Crippen LogP contribution in [0.2, 0.25) is 0 Å². The number of phenols is 1. The highest BCUT2D eigenvalue weighted by Gasteiger charge is 2.25. The zero-order valence-corrected chi connectivity index (χ0v) is 28.3.